The molecule has 1 aliphatic rings. The first kappa shape index (κ1) is 18.1. The van der Waals surface area contributed by atoms with Crippen LogP contribution in [0, 0.1) is 0 Å². The van der Waals surface area contributed by atoms with Crippen LogP contribution in [0.25, 0.3) is 0 Å². The van der Waals surface area contributed by atoms with Crippen LogP contribution in [-0.4, -0.2) is 47.5 Å². The average molecular weight is 431 g/mol. The van der Waals surface area contributed by atoms with E-state index in [0.29, 0.717) is 6.54 Å². The van der Waals surface area contributed by atoms with E-state index in [-0.39, 0.29) is 42.4 Å². The Morgan fingerprint density at radius 1 is 1.40 bits per heavy atom. The topological polar surface area (TPSA) is 78.5 Å². The first-order valence-electron chi connectivity index (χ1n) is 6.35. The molecule has 3 amide bonds. The molecule has 0 aliphatic carbocycles. The Hall–Kier alpha value is -0.000000000000000167. The minimum atomic E-state index is -0.292. The number of imide groups is 1. The summed E-state index contributed by atoms with van der Waals surface area (Å²) in [5.41, 5.74) is 0. The maximum absolute atomic E-state index is 11.8. The lowest BCUT2D eigenvalue weighted by Crippen LogP contribution is -2.35. The van der Waals surface area contributed by atoms with Gasteiger partial charge >= 0.3 is 0 Å². The molecule has 9 heteroatoms. The zero-order valence-electron chi connectivity index (χ0n) is 10.9. The summed E-state index contributed by atoms with van der Waals surface area (Å²) in [5, 5.41) is 2.48. The number of rotatable bonds is 9. The molecule has 0 aromatic rings. The van der Waals surface area contributed by atoms with Gasteiger partial charge in [0, 0.05) is 32.5 Å². The normalized spacial score (nSPS) is 18.7. The second-order valence-electron chi connectivity index (χ2n) is 4.38. The first-order valence-corrected chi connectivity index (χ1v) is 10.2. The summed E-state index contributed by atoms with van der Waals surface area (Å²) in [7, 11) is 1.35. The molecule has 1 heterocycles. The molecule has 1 unspecified atom stereocenters. The smallest absolute Gasteiger partial charge is 0.243 e. The van der Waals surface area contributed by atoms with Crippen LogP contribution in [0.1, 0.15) is 25.7 Å². The van der Waals surface area contributed by atoms with E-state index in [1.54, 1.807) is 0 Å². The monoisotopic (exact) mass is 431 g/mol. The van der Waals surface area contributed by atoms with E-state index in [2.05, 4.69) is 22.9 Å². The largest absolute Gasteiger partial charge is 0.356 e. The summed E-state index contributed by atoms with van der Waals surface area (Å²) < 4.78 is 2.73. The van der Waals surface area contributed by atoms with Crippen molar-refractivity contribution in [1.82, 2.24) is 14.9 Å². The Labute approximate surface area is 140 Å². The van der Waals surface area contributed by atoms with Gasteiger partial charge in [-0.1, -0.05) is 21.7 Å². The fraction of sp³-hybridized carbons (Fsp3) is 0.727. The molecule has 2 N–H and O–H groups in total. The lowest BCUT2D eigenvalue weighted by molar-refractivity contribution is -0.138. The van der Waals surface area contributed by atoms with Crippen LogP contribution in [0.3, 0.4) is 0 Å². The molecule has 0 aromatic heterocycles. The van der Waals surface area contributed by atoms with Gasteiger partial charge in [-0.15, -0.1) is 0 Å². The van der Waals surface area contributed by atoms with Crippen LogP contribution in [0.4, 0.5) is 0 Å². The van der Waals surface area contributed by atoms with E-state index >= 15 is 0 Å². The molecule has 20 heavy (non-hydrogen) atoms. The maximum atomic E-state index is 11.8. The Bertz CT molecular complexity index is 371. The van der Waals surface area contributed by atoms with Crippen molar-refractivity contribution < 1.29 is 14.4 Å². The summed E-state index contributed by atoms with van der Waals surface area (Å²) in [5.74, 6) is -0.492. The molecule has 1 aliphatic heterocycles. The van der Waals surface area contributed by atoms with E-state index < -0.39 is 0 Å². The molecular weight excluding hydrogens is 413 g/mol. The quantitative estimate of drug-likeness (QED) is 0.219. The van der Waals surface area contributed by atoms with Crippen LogP contribution in [-0.2, 0) is 14.4 Å². The van der Waals surface area contributed by atoms with Gasteiger partial charge in [0.1, 0.15) is 5.25 Å². The molecule has 1 rings (SSSR count). The molecule has 1 atom stereocenters. The molecule has 0 saturated carbocycles. The molecule has 1 fully saturated rings. The van der Waals surface area contributed by atoms with Gasteiger partial charge in [0.25, 0.3) is 0 Å². The van der Waals surface area contributed by atoms with Crippen LogP contribution in [0.2, 0.25) is 0 Å². The number of carbonyl (C=O) groups excluding carboxylic acids is 3. The van der Waals surface area contributed by atoms with Gasteiger partial charge in [-0.25, -0.2) is 0 Å². The number of amides is 3. The van der Waals surface area contributed by atoms with Crippen molar-refractivity contribution >= 4 is 60.7 Å². The summed E-state index contributed by atoms with van der Waals surface area (Å²) in [6.07, 6.45) is 2.21. The van der Waals surface area contributed by atoms with Crippen LogP contribution in [0.5, 0.6) is 0 Å². The highest BCUT2D eigenvalue weighted by molar-refractivity contribution is 14.2. The van der Waals surface area contributed by atoms with Crippen LogP contribution in [0.15, 0.2) is 0 Å². The summed E-state index contributed by atoms with van der Waals surface area (Å²) in [4.78, 5) is 36.3. The second kappa shape index (κ2) is 9.85. The lowest BCUT2D eigenvalue weighted by Gasteiger charge is -2.14. The van der Waals surface area contributed by atoms with Crippen molar-refractivity contribution in [1.29, 1.82) is 0 Å². The maximum Gasteiger partial charge on any atom is 0.243 e. The molecule has 6 nitrogen and oxygen atoms in total. The highest BCUT2D eigenvalue weighted by atomic mass is 127. The average Bonchev–Trinajstić information content (AvgIpc) is 2.71. The van der Waals surface area contributed by atoms with Gasteiger partial charge in [-0.2, -0.15) is 0 Å². The number of unbranched alkanes of at least 4 members (excludes halogenated alkanes) is 1. The van der Waals surface area contributed by atoms with E-state index in [1.165, 1.54) is 13.8 Å². The van der Waals surface area contributed by atoms with Gasteiger partial charge in [-0.05, 0) is 34.0 Å². The summed E-state index contributed by atoms with van der Waals surface area (Å²) in [6.45, 7) is 1.57. The number of nitrogens with zero attached hydrogens (tertiary/aromatic N) is 1. The Kier molecular flexibility index (Phi) is 8.89. The third kappa shape index (κ3) is 5.78. The van der Waals surface area contributed by atoms with Crippen molar-refractivity contribution in [2.24, 2.45) is 0 Å². The number of hydrogen-bond acceptors (Lipinski definition) is 6. The Morgan fingerprint density at radius 3 is 2.70 bits per heavy atom. The minimum Gasteiger partial charge on any atom is -0.356 e. The second-order valence-corrected chi connectivity index (χ2v) is 6.97. The van der Waals surface area contributed by atoms with Gasteiger partial charge in [0.15, 0.2) is 0 Å². The van der Waals surface area contributed by atoms with Gasteiger partial charge in [0.05, 0.1) is 0 Å². The third-order valence-electron chi connectivity index (χ3n) is 2.91. The molecule has 1 saturated heterocycles. The molecular formula is C11H18IN3O3S2. The molecule has 0 radical (unpaired) electrons. The van der Waals surface area contributed by atoms with Crippen LogP contribution >= 0.6 is 43.0 Å². The van der Waals surface area contributed by atoms with Crippen molar-refractivity contribution in [2.75, 3.05) is 19.6 Å². The van der Waals surface area contributed by atoms with E-state index in [0.717, 1.165) is 19.4 Å². The third-order valence-corrected chi connectivity index (χ3v) is 5.56. The van der Waals surface area contributed by atoms with Crippen molar-refractivity contribution in [2.45, 2.75) is 30.9 Å². The number of nitrogens with one attached hydrogen (secondary N) is 2. The standard InChI is InChI=1S/C11H18IN3O3S2/c12-20-8-7-10(17)15(11(8)18)6-3-9(16)13-4-1-2-5-14-19/h8,14,19H,1-7H2,(H,13,16). The van der Waals surface area contributed by atoms with E-state index in [1.807, 2.05) is 21.2 Å². The molecule has 0 aromatic carbocycles. The van der Waals surface area contributed by atoms with E-state index in [9.17, 15) is 14.4 Å². The fourth-order valence-electron chi connectivity index (χ4n) is 1.82. The summed E-state index contributed by atoms with van der Waals surface area (Å²) in [6, 6.07) is 0. The number of thiol groups is 1. The number of likely N-dealkylation sites (tertiary alicyclic amines) is 1. The summed E-state index contributed by atoms with van der Waals surface area (Å²) >= 11 is 5.89. The van der Waals surface area contributed by atoms with E-state index in [4.69, 9.17) is 0 Å². The highest BCUT2D eigenvalue weighted by Crippen LogP contribution is 2.29. The lowest BCUT2D eigenvalue weighted by atomic mass is 10.3. The van der Waals surface area contributed by atoms with Gasteiger partial charge in [0.2, 0.25) is 17.7 Å². The minimum absolute atomic E-state index is 0.130. The van der Waals surface area contributed by atoms with Crippen molar-refractivity contribution in [3.63, 3.8) is 0 Å². The predicted octanol–water partition coefficient (Wildman–Crippen LogP) is 0.918. The van der Waals surface area contributed by atoms with Gasteiger partial charge in [-0.3, -0.25) is 24.0 Å². The number of carbonyl (C=O) groups is 3. The first-order chi connectivity index (χ1) is 9.60. The molecule has 114 valence electrons. The van der Waals surface area contributed by atoms with Gasteiger partial charge < -0.3 is 5.32 Å². The Balaban J connectivity index is 2.21. The van der Waals surface area contributed by atoms with Crippen LogP contribution < -0.4 is 10.0 Å². The van der Waals surface area contributed by atoms with Crippen molar-refractivity contribution in [3.05, 3.63) is 0 Å². The zero-order valence-corrected chi connectivity index (χ0v) is 14.8. The highest BCUT2D eigenvalue weighted by Gasteiger charge is 2.38. The number of hydrogen-bond donors (Lipinski definition) is 3. The zero-order chi connectivity index (χ0) is 15.0. The SMILES string of the molecule is O=C(CCN1C(=O)CC(SI)C1=O)NCCCCNS. The predicted molar refractivity (Wildman–Crippen MR) is 90.6 cm³/mol. The Morgan fingerprint density at radius 2 is 2.10 bits per heavy atom. The van der Waals surface area contributed by atoms with Crippen molar-refractivity contribution in [3.8, 4) is 0 Å². The number of halogens is 1. The molecule has 0 bridgehead atoms. The fourth-order valence-corrected chi connectivity index (χ4v) is 3.57. The molecule has 0 spiro atoms.